The number of nitrogens with zero attached hydrogens (tertiary/aromatic N) is 2. The summed E-state index contributed by atoms with van der Waals surface area (Å²) in [6.45, 7) is 2.65. The summed E-state index contributed by atoms with van der Waals surface area (Å²) < 4.78 is 6.77. The fraction of sp³-hybridized carbons (Fsp3) is 0.286. The first-order chi connectivity index (χ1) is 14.7. The van der Waals surface area contributed by atoms with Crippen molar-refractivity contribution in [1.29, 1.82) is 0 Å². The topological polar surface area (TPSA) is 96.6 Å². The average Bonchev–Trinajstić information content (AvgIpc) is 3.02. The molecule has 31 heavy (non-hydrogen) atoms. The van der Waals surface area contributed by atoms with Crippen LogP contribution in [0, 0.1) is 0 Å². The average molecular weight is 465 g/mol. The smallest absolute Gasteiger partial charge is 0.408 e. The molecule has 1 atom stereocenters. The number of carbonyl (C=O) groups excluding carboxylic acids is 2. The lowest BCUT2D eigenvalue weighted by molar-refractivity contribution is -0.117. The molecule has 1 heterocycles. The Balaban J connectivity index is 1.73. The summed E-state index contributed by atoms with van der Waals surface area (Å²) in [5.41, 5.74) is 1.66. The minimum absolute atomic E-state index is 0.121. The first-order valence-corrected chi connectivity index (χ1v) is 10.3. The van der Waals surface area contributed by atoms with Crippen LogP contribution in [-0.4, -0.2) is 48.0 Å². The Labute approximate surface area is 188 Å². The van der Waals surface area contributed by atoms with Crippen molar-refractivity contribution in [1.82, 2.24) is 14.8 Å². The zero-order valence-corrected chi connectivity index (χ0v) is 18.8. The minimum atomic E-state index is -0.849. The molecule has 0 aliphatic rings. The van der Waals surface area contributed by atoms with Gasteiger partial charge in [-0.25, -0.2) is 4.79 Å². The fourth-order valence-corrected chi connectivity index (χ4v) is 3.31. The first-order valence-electron chi connectivity index (χ1n) is 9.51. The normalized spacial score (nSPS) is 12.2. The van der Waals surface area contributed by atoms with Crippen LogP contribution in [0.2, 0.25) is 10.0 Å². The number of anilines is 1. The number of rotatable bonds is 7. The number of fused-ring (bicyclic) bond motifs is 1. The van der Waals surface area contributed by atoms with E-state index in [1.54, 1.807) is 37.3 Å². The van der Waals surface area contributed by atoms with Gasteiger partial charge in [-0.3, -0.25) is 14.2 Å². The van der Waals surface area contributed by atoms with Gasteiger partial charge in [0.1, 0.15) is 6.04 Å². The van der Waals surface area contributed by atoms with Gasteiger partial charge >= 0.3 is 5.76 Å². The first kappa shape index (κ1) is 22.9. The lowest BCUT2D eigenvalue weighted by Crippen LogP contribution is -2.41. The zero-order chi connectivity index (χ0) is 22.7. The van der Waals surface area contributed by atoms with Gasteiger partial charge in [0.2, 0.25) is 5.91 Å². The highest BCUT2D eigenvalue weighted by molar-refractivity contribution is 6.43. The van der Waals surface area contributed by atoms with Gasteiger partial charge in [0, 0.05) is 18.8 Å². The lowest BCUT2D eigenvalue weighted by Gasteiger charge is -2.15. The van der Waals surface area contributed by atoms with Crippen molar-refractivity contribution in [3.8, 4) is 0 Å². The molecule has 0 saturated carbocycles. The summed E-state index contributed by atoms with van der Waals surface area (Å²) >= 11 is 12.0. The highest BCUT2D eigenvalue weighted by atomic mass is 35.5. The molecule has 0 bridgehead atoms. The number of hydrogen-bond acceptors (Lipinski definition) is 5. The molecule has 3 aromatic rings. The molecule has 0 spiro atoms. The quantitative estimate of drug-likeness (QED) is 0.559. The second-order valence-electron chi connectivity index (χ2n) is 7.29. The van der Waals surface area contributed by atoms with Gasteiger partial charge in [0.25, 0.3) is 5.91 Å². The summed E-state index contributed by atoms with van der Waals surface area (Å²) in [6, 6.07) is 8.75. The fourth-order valence-electron chi connectivity index (χ4n) is 2.92. The molecular formula is C21H22Cl2N4O4. The molecule has 0 aliphatic carbocycles. The highest BCUT2D eigenvalue weighted by Crippen LogP contribution is 2.25. The number of halogens is 2. The molecule has 0 saturated heterocycles. The largest absolute Gasteiger partial charge is 0.419 e. The van der Waals surface area contributed by atoms with E-state index in [1.165, 1.54) is 10.6 Å². The van der Waals surface area contributed by atoms with E-state index in [1.807, 2.05) is 19.0 Å². The van der Waals surface area contributed by atoms with Gasteiger partial charge in [-0.2, -0.15) is 0 Å². The van der Waals surface area contributed by atoms with Gasteiger partial charge in [-0.15, -0.1) is 0 Å². The number of oxazole rings is 1. The van der Waals surface area contributed by atoms with E-state index in [9.17, 15) is 14.4 Å². The maximum atomic E-state index is 12.6. The maximum absolute atomic E-state index is 12.6. The number of likely N-dealkylation sites (N-methyl/N-ethyl adjacent to an activating group) is 1. The monoisotopic (exact) mass is 464 g/mol. The molecule has 1 aromatic heterocycles. The van der Waals surface area contributed by atoms with Gasteiger partial charge < -0.3 is 20.0 Å². The SMILES string of the molecule is CC(NC(=O)c1cccc(Cl)c1Cl)C(=O)Nc1ccc2oc(=O)n(CCN(C)C)c2c1. The van der Waals surface area contributed by atoms with Crippen LogP contribution >= 0.6 is 23.2 Å². The Morgan fingerprint density at radius 3 is 2.65 bits per heavy atom. The third-order valence-electron chi connectivity index (χ3n) is 4.64. The van der Waals surface area contributed by atoms with Gasteiger partial charge in [0.15, 0.2) is 5.58 Å². The minimum Gasteiger partial charge on any atom is -0.408 e. The molecule has 8 nitrogen and oxygen atoms in total. The Morgan fingerprint density at radius 1 is 1.19 bits per heavy atom. The van der Waals surface area contributed by atoms with Crippen molar-refractivity contribution in [3.05, 3.63) is 62.6 Å². The van der Waals surface area contributed by atoms with Crippen LogP contribution < -0.4 is 16.4 Å². The molecule has 2 aromatic carbocycles. The summed E-state index contributed by atoms with van der Waals surface area (Å²) in [4.78, 5) is 39.1. The Morgan fingerprint density at radius 2 is 1.94 bits per heavy atom. The summed E-state index contributed by atoms with van der Waals surface area (Å²) in [5.74, 6) is -1.41. The van der Waals surface area contributed by atoms with E-state index in [0.717, 1.165) is 0 Å². The van der Waals surface area contributed by atoms with Crippen LogP contribution in [-0.2, 0) is 11.3 Å². The molecule has 10 heteroatoms. The number of benzene rings is 2. The van der Waals surface area contributed by atoms with Crippen LogP contribution in [0.3, 0.4) is 0 Å². The van der Waals surface area contributed by atoms with Crippen LogP contribution in [0.15, 0.2) is 45.6 Å². The Hall–Kier alpha value is -2.81. The zero-order valence-electron chi connectivity index (χ0n) is 17.2. The van der Waals surface area contributed by atoms with Crippen molar-refractivity contribution in [2.24, 2.45) is 0 Å². The number of carbonyl (C=O) groups is 2. The second kappa shape index (κ2) is 9.55. The maximum Gasteiger partial charge on any atom is 0.419 e. The number of aromatic nitrogens is 1. The number of nitrogens with one attached hydrogen (secondary N) is 2. The van der Waals surface area contributed by atoms with Gasteiger partial charge in [-0.1, -0.05) is 29.3 Å². The van der Waals surface area contributed by atoms with Crippen LogP contribution in [0.4, 0.5) is 5.69 Å². The summed E-state index contributed by atoms with van der Waals surface area (Å²) in [7, 11) is 3.82. The lowest BCUT2D eigenvalue weighted by atomic mass is 10.2. The predicted octanol–water partition coefficient (Wildman–Crippen LogP) is 3.22. The molecular weight excluding hydrogens is 443 g/mol. The van der Waals surface area contributed by atoms with Crippen molar-refractivity contribution >= 4 is 51.8 Å². The van der Waals surface area contributed by atoms with Crippen LogP contribution in [0.1, 0.15) is 17.3 Å². The highest BCUT2D eigenvalue weighted by Gasteiger charge is 2.20. The molecule has 0 radical (unpaired) electrons. The van der Waals surface area contributed by atoms with E-state index in [4.69, 9.17) is 27.6 Å². The Bertz CT molecular complexity index is 1190. The third kappa shape index (κ3) is 5.28. The van der Waals surface area contributed by atoms with E-state index >= 15 is 0 Å². The number of hydrogen-bond donors (Lipinski definition) is 2. The van der Waals surface area contributed by atoms with Crippen LogP contribution in [0.25, 0.3) is 11.1 Å². The van der Waals surface area contributed by atoms with Crippen molar-refractivity contribution in [2.75, 3.05) is 26.0 Å². The summed E-state index contributed by atoms with van der Waals surface area (Å²) in [5, 5.41) is 5.71. The van der Waals surface area contributed by atoms with E-state index < -0.39 is 23.6 Å². The third-order valence-corrected chi connectivity index (χ3v) is 5.46. The van der Waals surface area contributed by atoms with E-state index in [-0.39, 0.29) is 15.6 Å². The second-order valence-corrected chi connectivity index (χ2v) is 8.08. The number of amides is 2. The standard InChI is InChI=1S/C21H22Cl2N4O4/c1-12(24-20(29)14-5-4-6-15(22)18(14)23)19(28)25-13-7-8-17-16(11-13)27(21(30)31-17)10-9-26(2)3/h4-8,11-12H,9-10H2,1-3H3,(H,24,29)(H,25,28). The van der Waals surface area contributed by atoms with Crippen molar-refractivity contribution in [3.63, 3.8) is 0 Å². The predicted molar refractivity (Wildman–Crippen MR) is 121 cm³/mol. The molecule has 164 valence electrons. The molecule has 3 rings (SSSR count). The van der Waals surface area contributed by atoms with Crippen molar-refractivity contribution < 1.29 is 14.0 Å². The molecule has 0 aliphatic heterocycles. The van der Waals surface area contributed by atoms with E-state index in [0.29, 0.717) is 29.9 Å². The Kier molecular flexibility index (Phi) is 7.04. The molecule has 1 unspecified atom stereocenters. The molecule has 2 N–H and O–H groups in total. The molecule has 2 amide bonds. The molecule has 0 fully saturated rings. The van der Waals surface area contributed by atoms with Crippen molar-refractivity contribution in [2.45, 2.75) is 19.5 Å². The van der Waals surface area contributed by atoms with Gasteiger partial charge in [0.05, 0.1) is 21.1 Å². The van der Waals surface area contributed by atoms with Gasteiger partial charge in [-0.05, 0) is 51.4 Å². The van der Waals surface area contributed by atoms with Crippen LogP contribution in [0.5, 0.6) is 0 Å². The summed E-state index contributed by atoms with van der Waals surface area (Å²) in [6.07, 6.45) is 0. The van der Waals surface area contributed by atoms with E-state index in [2.05, 4.69) is 10.6 Å².